The van der Waals surface area contributed by atoms with Crippen LogP contribution >= 0.6 is 0 Å². The number of aryl methyl sites for hydroxylation is 1. The van der Waals surface area contributed by atoms with Crippen molar-refractivity contribution in [2.24, 2.45) is 0 Å². The Balaban J connectivity index is 2.62. The minimum Gasteiger partial charge on any atom is -0.383 e. The molecule has 0 fully saturated rings. The number of aromatic nitrogens is 1. The van der Waals surface area contributed by atoms with Crippen molar-refractivity contribution in [3.63, 3.8) is 0 Å². The summed E-state index contributed by atoms with van der Waals surface area (Å²) in [6.45, 7) is 4.33. The average molecular weight is 187 g/mol. The molecule has 3 heteroatoms. The fourth-order valence-electron chi connectivity index (χ4n) is 2.00. The Morgan fingerprint density at radius 2 is 2.29 bits per heavy atom. The van der Waals surface area contributed by atoms with Crippen LogP contribution in [0.3, 0.4) is 0 Å². The van der Waals surface area contributed by atoms with Crippen LogP contribution < -0.4 is 5.73 Å². The van der Waals surface area contributed by atoms with Crippen LogP contribution in [-0.2, 0) is 11.8 Å². The van der Waals surface area contributed by atoms with Crippen LogP contribution in [0.25, 0.3) is 0 Å². The fraction of sp³-hybridized carbons (Fsp3) is 0.455. The van der Waals surface area contributed by atoms with Crippen LogP contribution in [0.2, 0.25) is 0 Å². The van der Waals surface area contributed by atoms with Gasteiger partial charge in [-0.2, -0.15) is 5.26 Å². The van der Waals surface area contributed by atoms with E-state index in [0.29, 0.717) is 11.4 Å². The van der Waals surface area contributed by atoms with E-state index in [0.717, 1.165) is 18.5 Å². The molecule has 0 amide bonds. The molecule has 0 unspecified atom stereocenters. The molecule has 1 aliphatic carbocycles. The first-order valence-corrected chi connectivity index (χ1v) is 4.74. The van der Waals surface area contributed by atoms with Gasteiger partial charge in [0.05, 0.1) is 11.3 Å². The molecule has 1 aromatic heterocycles. The molecule has 72 valence electrons. The van der Waals surface area contributed by atoms with Crippen molar-refractivity contribution < 1.29 is 0 Å². The third-order valence-corrected chi connectivity index (χ3v) is 2.91. The Morgan fingerprint density at radius 3 is 2.93 bits per heavy atom. The molecule has 1 aliphatic rings. The predicted octanol–water partition coefficient (Wildman–Crippen LogP) is 1.76. The summed E-state index contributed by atoms with van der Waals surface area (Å²) < 4.78 is 0. The number of nitrogens with two attached hydrogens (primary N) is 1. The summed E-state index contributed by atoms with van der Waals surface area (Å²) in [6, 6.07) is 3.95. The molecule has 0 aromatic carbocycles. The molecule has 2 rings (SSSR count). The molecule has 0 bridgehead atoms. The smallest absolute Gasteiger partial charge is 0.141 e. The number of hydrogen-bond acceptors (Lipinski definition) is 3. The van der Waals surface area contributed by atoms with Crippen LogP contribution in [-0.4, -0.2) is 4.98 Å². The minimum atomic E-state index is 0.109. The van der Waals surface area contributed by atoms with Crippen molar-refractivity contribution in [1.29, 1.82) is 5.26 Å². The summed E-state index contributed by atoms with van der Waals surface area (Å²) >= 11 is 0. The maximum Gasteiger partial charge on any atom is 0.141 e. The van der Waals surface area contributed by atoms with Gasteiger partial charge in [-0.1, -0.05) is 13.8 Å². The second-order valence-electron chi connectivity index (χ2n) is 4.42. The number of anilines is 1. The van der Waals surface area contributed by atoms with E-state index < -0.39 is 0 Å². The maximum absolute atomic E-state index is 8.81. The third-order valence-electron chi connectivity index (χ3n) is 2.91. The van der Waals surface area contributed by atoms with Crippen molar-refractivity contribution in [2.45, 2.75) is 32.1 Å². The van der Waals surface area contributed by atoms with E-state index in [2.05, 4.69) is 24.9 Å². The van der Waals surface area contributed by atoms with Crippen LogP contribution in [0.5, 0.6) is 0 Å². The normalized spacial score (nSPS) is 17.5. The van der Waals surface area contributed by atoms with E-state index in [-0.39, 0.29) is 5.41 Å². The first-order chi connectivity index (χ1) is 6.54. The molecule has 1 heterocycles. The Hall–Kier alpha value is -1.56. The highest BCUT2D eigenvalue weighted by Crippen LogP contribution is 2.37. The number of fused-ring (bicyclic) bond motifs is 1. The van der Waals surface area contributed by atoms with Gasteiger partial charge in [0.2, 0.25) is 0 Å². The number of nitrogens with zero attached hydrogens (tertiary/aromatic N) is 2. The topological polar surface area (TPSA) is 62.7 Å². The van der Waals surface area contributed by atoms with Crippen molar-refractivity contribution in [1.82, 2.24) is 4.98 Å². The Morgan fingerprint density at radius 1 is 1.57 bits per heavy atom. The van der Waals surface area contributed by atoms with Gasteiger partial charge in [0.15, 0.2) is 0 Å². The Bertz CT molecular complexity index is 427. The highest BCUT2D eigenvalue weighted by Gasteiger charge is 2.32. The Kier molecular flexibility index (Phi) is 1.75. The van der Waals surface area contributed by atoms with Crippen molar-refractivity contribution in [2.75, 3.05) is 5.73 Å². The number of nitrogen functional groups attached to an aromatic ring is 1. The van der Waals surface area contributed by atoms with E-state index in [1.54, 1.807) is 0 Å². The first kappa shape index (κ1) is 9.01. The van der Waals surface area contributed by atoms with E-state index in [1.165, 1.54) is 5.56 Å². The van der Waals surface area contributed by atoms with Gasteiger partial charge < -0.3 is 5.73 Å². The zero-order chi connectivity index (χ0) is 10.3. The van der Waals surface area contributed by atoms with Crippen molar-refractivity contribution in [3.05, 3.63) is 22.9 Å². The summed E-state index contributed by atoms with van der Waals surface area (Å²) in [5.41, 5.74) is 8.55. The summed E-state index contributed by atoms with van der Waals surface area (Å²) in [5.74, 6) is 0.362. The second-order valence-corrected chi connectivity index (χ2v) is 4.42. The number of hydrogen-bond donors (Lipinski definition) is 1. The molecule has 0 saturated heterocycles. The van der Waals surface area contributed by atoms with E-state index >= 15 is 0 Å². The molecular weight excluding hydrogens is 174 g/mol. The van der Waals surface area contributed by atoms with Gasteiger partial charge in [-0.05, 0) is 24.5 Å². The number of pyridine rings is 1. The summed E-state index contributed by atoms with van der Waals surface area (Å²) in [6.07, 6.45) is 2.09. The summed E-state index contributed by atoms with van der Waals surface area (Å²) in [4.78, 5) is 4.33. The highest BCUT2D eigenvalue weighted by molar-refractivity contribution is 5.53. The maximum atomic E-state index is 8.81. The van der Waals surface area contributed by atoms with E-state index in [4.69, 9.17) is 11.0 Å². The summed E-state index contributed by atoms with van der Waals surface area (Å²) in [5, 5.41) is 8.81. The molecule has 0 aliphatic heterocycles. The van der Waals surface area contributed by atoms with Crippen LogP contribution in [0.4, 0.5) is 5.82 Å². The lowest BCUT2D eigenvalue weighted by atomic mass is 9.90. The average Bonchev–Trinajstić information content (AvgIpc) is 2.42. The van der Waals surface area contributed by atoms with E-state index in [9.17, 15) is 0 Å². The quantitative estimate of drug-likeness (QED) is 0.673. The van der Waals surface area contributed by atoms with Gasteiger partial charge in [0, 0.05) is 5.41 Å². The zero-order valence-electron chi connectivity index (χ0n) is 8.46. The molecule has 14 heavy (non-hydrogen) atoms. The van der Waals surface area contributed by atoms with Gasteiger partial charge in [-0.15, -0.1) is 0 Å². The van der Waals surface area contributed by atoms with Gasteiger partial charge >= 0.3 is 0 Å². The van der Waals surface area contributed by atoms with Crippen LogP contribution in [0, 0.1) is 11.3 Å². The Labute approximate surface area is 83.6 Å². The van der Waals surface area contributed by atoms with Gasteiger partial charge in [0.1, 0.15) is 11.9 Å². The fourth-order valence-corrected chi connectivity index (χ4v) is 2.00. The van der Waals surface area contributed by atoms with Crippen molar-refractivity contribution in [3.8, 4) is 6.07 Å². The molecule has 0 saturated carbocycles. The second kappa shape index (κ2) is 2.71. The lowest BCUT2D eigenvalue weighted by Gasteiger charge is -2.17. The predicted molar refractivity (Wildman–Crippen MR) is 54.7 cm³/mol. The zero-order valence-corrected chi connectivity index (χ0v) is 8.46. The number of rotatable bonds is 0. The molecule has 1 aromatic rings. The van der Waals surface area contributed by atoms with E-state index in [1.807, 2.05) is 6.07 Å². The largest absolute Gasteiger partial charge is 0.383 e. The van der Waals surface area contributed by atoms with Crippen LogP contribution in [0.15, 0.2) is 6.07 Å². The molecule has 0 atom stereocenters. The standard InChI is InChI=1S/C11H13N3/c1-11(2)4-3-7-5-8(6-12)10(13)14-9(7)11/h5H,3-4H2,1-2H3,(H2,13,14). The van der Waals surface area contributed by atoms with Crippen LogP contribution in [0.1, 0.15) is 37.1 Å². The van der Waals surface area contributed by atoms with Gasteiger partial charge in [0.25, 0.3) is 0 Å². The monoisotopic (exact) mass is 187 g/mol. The first-order valence-electron chi connectivity index (χ1n) is 4.74. The van der Waals surface area contributed by atoms with Gasteiger partial charge in [-0.3, -0.25) is 0 Å². The SMILES string of the molecule is CC1(C)CCc2cc(C#N)c(N)nc21. The molecule has 0 spiro atoms. The van der Waals surface area contributed by atoms with Gasteiger partial charge in [-0.25, -0.2) is 4.98 Å². The minimum absolute atomic E-state index is 0.109. The molecule has 3 nitrogen and oxygen atoms in total. The third kappa shape index (κ3) is 1.15. The lowest BCUT2D eigenvalue weighted by Crippen LogP contribution is -2.15. The summed E-state index contributed by atoms with van der Waals surface area (Å²) in [7, 11) is 0. The molecule has 0 radical (unpaired) electrons. The van der Waals surface area contributed by atoms with Crippen molar-refractivity contribution >= 4 is 5.82 Å². The lowest BCUT2D eigenvalue weighted by molar-refractivity contribution is 0.510. The molecular formula is C11H13N3. The highest BCUT2D eigenvalue weighted by atomic mass is 14.9. The molecule has 2 N–H and O–H groups in total. The number of nitriles is 1.